The Hall–Kier alpha value is -6.38. The van der Waals surface area contributed by atoms with Gasteiger partial charge in [0.2, 0.25) is 0 Å². The summed E-state index contributed by atoms with van der Waals surface area (Å²) in [5, 5.41) is 7.93. The van der Waals surface area contributed by atoms with E-state index in [0.717, 1.165) is 33.9 Å². The molecule has 0 atom stereocenters. The van der Waals surface area contributed by atoms with Gasteiger partial charge >= 0.3 is 0 Å². The molecule has 240 valence electrons. The van der Waals surface area contributed by atoms with E-state index in [9.17, 15) is 0 Å². The third kappa shape index (κ3) is 4.64. The van der Waals surface area contributed by atoms with Crippen molar-refractivity contribution in [1.82, 2.24) is 9.97 Å². The Bertz CT molecular complexity index is 2740. The molecule has 0 bridgehead atoms. The van der Waals surface area contributed by atoms with E-state index >= 15 is 0 Å². The van der Waals surface area contributed by atoms with Crippen LogP contribution >= 0.6 is 0 Å². The predicted molar refractivity (Wildman–Crippen MR) is 214 cm³/mol. The largest absolute Gasteiger partial charge is 0.228 e. The van der Waals surface area contributed by atoms with Gasteiger partial charge in [-0.25, -0.2) is 9.97 Å². The molecule has 8 aromatic carbocycles. The van der Waals surface area contributed by atoms with Gasteiger partial charge in [0.25, 0.3) is 0 Å². The summed E-state index contributed by atoms with van der Waals surface area (Å²) >= 11 is 0. The zero-order chi connectivity index (χ0) is 34.1. The molecule has 0 radical (unpaired) electrons. The van der Waals surface area contributed by atoms with Crippen molar-refractivity contribution in [3.05, 3.63) is 181 Å². The minimum Gasteiger partial charge on any atom is -0.228 e. The van der Waals surface area contributed by atoms with Crippen LogP contribution in [0.3, 0.4) is 0 Å². The molecule has 1 aliphatic rings. The van der Waals surface area contributed by atoms with Gasteiger partial charge < -0.3 is 0 Å². The van der Waals surface area contributed by atoms with Crippen molar-refractivity contribution in [2.24, 2.45) is 0 Å². The molecule has 0 unspecified atom stereocenters. The van der Waals surface area contributed by atoms with E-state index in [1.54, 1.807) is 0 Å². The molecule has 10 rings (SSSR count). The molecule has 0 saturated heterocycles. The molecular formula is C49H34N2. The van der Waals surface area contributed by atoms with Crippen LogP contribution in [0.2, 0.25) is 0 Å². The van der Waals surface area contributed by atoms with E-state index in [0.29, 0.717) is 0 Å². The van der Waals surface area contributed by atoms with Crippen molar-refractivity contribution in [2.45, 2.75) is 19.3 Å². The lowest BCUT2D eigenvalue weighted by atomic mass is 9.77. The number of fused-ring (bicyclic) bond motifs is 10. The molecule has 0 N–H and O–H groups in total. The van der Waals surface area contributed by atoms with Gasteiger partial charge in [0.1, 0.15) is 0 Å². The topological polar surface area (TPSA) is 25.8 Å². The van der Waals surface area contributed by atoms with Crippen LogP contribution in [0.4, 0.5) is 0 Å². The van der Waals surface area contributed by atoms with Crippen LogP contribution in [-0.2, 0) is 5.41 Å². The molecule has 0 fully saturated rings. The van der Waals surface area contributed by atoms with E-state index < -0.39 is 0 Å². The second-order valence-electron chi connectivity index (χ2n) is 14.2. The molecule has 1 aromatic heterocycles. The molecule has 0 spiro atoms. The fraction of sp³-hybridized carbons (Fsp3) is 0.0612. The molecule has 51 heavy (non-hydrogen) atoms. The molecule has 1 aliphatic carbocycles. The average Bonchev–Trinajstić information content (AvgIpc) is 3.45. The van der Waals surface area contributed by atoms with Crippen molar-refractivity contribution in [1.29, 1.82) is 0 Å². The molecule has 1 heterocycles. The molecule has 9 aromatic rings. The minimum atomic E-state index is -0.147. The van der Waals surface area contributed by atoms with Crippen LogP contribution in [0.1, 0.15) is 25.0 Å². The van der Waals surface area contributed by atoms with Crippen molar-refractivity contribution < 1.29 is 0 Å². The highest BCUT2D eigenvalue weighted by Gasteiger charge is 2.39. The first-order valence-corrected chi connectivity index (χ1v) is 17.7. The molecule has 0 aliphatic heterocycles. The summed E-state index contributed by atoms with van der Waals surface area (Å²) in [5.41, 5.74) is 12.8. The van der Waals surface area contributed by atoms with Crippen LogP contribution in [-0.4, -0.2) is 9.97 Å². The second kappa shape index (κ2) is 11.3. The lowest BCUT2D eigenvalue weighted by Crippen LogP contribution is -2.16. The van der Waals surface area contributed by atoms with E-state index in [1.807, 2.05) is 24.3 Å². The Morgan fingerprint density at radius 3 is 1.59 bits per heavy atom. The summed E-state index contributed by atoms with van der Waals surface area (Å²) in [7, 11) is 0. The van der Waals surface area contributed by atoms with E-state index in [4.69, 9.17) is 9.97 Å². The summed E-state index contributed by atoms with van der Waals surface area (Å²) < 4.78 is 0. The Balaban J connectivity index is 1.06. The monoisotopic (exact) mass is 650 g/mol. The summed E-state index contributed by atoms with van der Waals surface area (Å²) in [5.74, 6) is 0.726. The third-order valence-corrected chi connectivity index (χ3v) is 10.8. The number of benzene rings is 8. The third-order valence-electron chi connectivity index (χ3n) is 10.8. The maximum atomic E-state index is 5.03. The van der Waals surface area contributed by atoms with Crippen molar-refractivity contribution in [2.75, 3.05) is 0 Å². The molecule has 0 amide bonds. The van der Waals surface area contributed by atoms with E-state index in [2.05, 4.69) is 159 Å². The highest BCUT2D eigenvalue weighted by Crippen LogP contribution is 2.56. The summed E-state index contributed by atoms with van der Waals surface area (Å²) in [6.45, 7) is 4.81. The first-order chi connectivity index (χ1) is 25.0. The van der Waals surface area contributed by atoms with Gasteiger partial charge in [-0.1, -0.05) is 172 Å². The van der Waals surface area contributed by atoms with Crippen molar-refractivity contribution in [3.63, 3.8) is 0 Å². The maximum Gasteiger partial charge on any atom is 0.160 e. The summed E-state index contributed by atoms with van der Waals surface area (Å²) in [6, 6.07) is 61.0. The number of nitrogens with zero attached hydrogens (tertiary/aromatic N) is 2. The first-order valence-electron chi connectivity index (χ1n) is 17.7. The van der Waals surface area contributed by atoms with Crippen molar-refractivity contribution >= 4 is 32.3 Å². The average molecular weight is 651 g/mol. The van der Waals surface area contributed by atoms with E-state index in [-0.39, 0.29) is 5.41 Å². The Morgan fingerprint density at radius 1 is 0.373 bits per heavy atom. The smallest absolute Gasteiger partial charge is 0.160 e. The zero-order valence-corrected chi connectivity index (χ0v) is 28.6. The number of hydrogen-bond acceptors (Lipinski definition) is 2. The highest BCUT2D eigenvalue weighted by atomic mass is 14.9. The van der Waals surface area contributed by atoms with Crippen LogP contribution < -0.4 is 0 Å². The molecule has 2 nitrogen and oxygen atoms in total. The van der Waals surface area contributed by atoms with Crippen LogP contribution in [0.25, 0.3) is 88.5 Å². The zero-order valence-electron chi connectivity index (χ0n) is 28.6. The van der Waals surface area contributed by atoms with Gasteiger partial charge in [0.15, 0.2) is 5.82 Å². The van der Waals surface area contributed by atoms with Crippen molar-refractivity contribution in [3.8, 4) is 56.2 Å². The van der Waals surface area contributed by atoms with E-state index in [1.165, 1.54) is 65.7 Å². The standard InChI is InChI=1S/C49H34N2/c1-49(2)46-37-27-25-35(29-36(37)26-28-42(46)45-40-19-11-9-17-38(40)39-18-10-12-20-41(39)47(45)49)31-21-23-33(24-22-31)44-30-43(32-13-5-3-6-14-32)50-48(51-44)34-15-7-4-8-16-34/h3-30H,1-2H3. The molecule has 0 saturated carbocycles. The Labute approximate surface area is 297 Å². The maximum absolute atomic E-state index is 5.03. The fourth-order valence-electron chi connectivity index (χ4n) is 8.49. The quantitative estimate of drug-likeness (QED) is 0.177. The van der Waals surface area contributed by atoms with Gasteiger partial charge in [0, 0.05) is 22.1 Å². The molecule has 2 heteroatoms. The Morgan fingerprint density at radius 2 is 0.902 bits per heavy atom. The summed E-state index contributed by atoms with van der Waals surface area (Å²) in [6.07, 6.45) is 0. The van der Waals surface area contributed by atoms with Crippen LogP contribution in [0.15, 0.2) is 170 Å². The highest BCUT2D eigenvalue weighted by molar-refractivity contribution is 6.19. The second-order valence-corrected chi connectivity index (χ2v) is 14.2. The first kappa shape index (κ1) is 29.5. The molecular weight excluding hydrogens is 617 g/mol. The summed E-state index contributed by atoms with van der Waals surface area (Å²) in [4.78, 5) is 9.99. The lowest BCUT2D eigenvalue weighted by molar-refractivity contribution is 0.672. The SMILES string of the molecule is CC1(C)c2c(ccc3cc(-c4ccc(-c5cc(-c6ccccc6)nc(-c6ccccc6)n5)cc4)ccc23)-c2c1c1ccccc1c1ccccc21. The van der Waals surface area contributed by atoms with Gasteiger partial charge in [-0.15, -0.1) is 0 Å². The predicted octanol–water partition coefficient (Wildman–Crippen LogP) is 12.9. The normalized spacial score (nSPS) is 13.1. The lowest BCUT2D eigenvalue weighted by Gasteiger charge is -2.25. The van der Waals surface area contributed by atoms with Gasteiger partial charge in [-0.3, -0.25) is 0 Å². The number of hydrogen-bond donors (Lipinski definition) is 0. The van der Waals surface area contributed by atoms with Crippen LogP contribution in [0, 0.1) is 0 Å². The van der Waals surface area contributed by atoms with Gasteiger partial charge in [-0.05, 0) is 77.8 Å². The minimum absolute atomic E-state index is 0.147. The number of rotatable bonds is 4. The van der Waals surface area contributed by atoms with Gasteiger partial charge in [0.05, 0.1) is 11.4 Å². The fourth-order valence-corrected chi connectivity index (χ4v) is 8.49. The Kier molecular flexibility index (Phi) is 6.56. The van der Waals surface area contributed by atoms with Crippen LogP contribution in [0.5, 0.6) is 0 Å². The number of aromatic nitrogens is 2. The van der Waals surface area contributed by atoms with Gasteiger partial charge in [-0.2, -0.15) is 0 Å².